The molecule has 1 unspecified atom stereocenters. The van der Waals surface area contributed by atoms with Crippen molar-refractivity contribution in [2.75, 3.05) is 44.8 Å². The molecule has 2 rings (SSSR count). The smallest absolute Gasteiger partial charge is 0.322 e. The predicted molar refractivity (Wildman–Crippen MR) is 81.0 cm³/mol. The van der Waals surface area contributed by atoms with E-state index in [-0.39, 0.29) is 17.3 Å². The zero-order chi connectivity index (χ0) is 15.1. The van der Waals surface area contributed by atoms with E-state index >= 15 is 0 Å². The number of anilines is 1. The van der Waals surface area contributed by atoms with Crippen LogP contribution in [-0.2, 0) is 4.74 Å². The van der Waals surface area contributed by atoms with Crippen molar-refractivity contribution in [2.45, 2.75) is 26.3 Å². The van der Waals surface area contributed by atoms with Crippen molar-refractivity contribution >= 4 is 17.5 Å². The summed E-state index contributed by atoms with van der Waals surface area (Å²) in [7, 11) is 0. The summed E-state index contributed by atoms with van der Waals surface area (Å²) in [6.07, 6.45) is 0.888. The Balaban J connectivity index is 1.89. The Hall–Kier alpha value is -1.18. The van der Waals surface area contributed by atoms with Crippen LogP contribution in [0.4, 0.5) is 5.95 Å². The van der Waals surface area contributed by atoms with Crippen LogP contribution in [-0.4, -0.2) is 65.3 Å². The summed E-state index contributed by atoms with van der Waals surface area (Å²) in [5.74, 6) is 0.446. The number of hydrogen-bond acceptors (Lipinski definition) is 7. The minimum absolute atomic E-state index is 0.136. The number of aromatic nitrogens is 3. The van der Waals surface area contributed by atoms with E-state index in [0.29, 0.717) is 12.6 Å². The molecule has 1 aromatic heterocycles. The van der Waals surface area contributed by atoms with Crippen molar-refractivity contribution in [1.29, 1.82) is 0 Å². The molecule has 2 heterocycles. The van der Waals surface area contributed by atoms with Gasteiger partial charge in [0.25, 0.3) is 0 Å². The average molecular weight is 316 g/mol. The molecule has 21 heavy (non-hydrogen) atoms. The lowest BCUT2D eigenvalue weighted by Gasteiger charge is -2.29. The quantitative estimate of drug-likeness (QED) is 0.816. The van der Waals surface area contributed by atoms with Crippen molar-refractivity contribution < 1.29 is 9.47 Å². The maximum absolute atomic E-state index is 5.90. The summed E-state index contributed by atoms with van der Waals surface area (Å²) in [6.45, 7) is 9.05. The first-order chi connectivity index (χ1) is 10.2. The highest BCUT2D eigenvalue weighted by Gasteiger charge is 2.15. The van der Waals surface area contributed by atoms with Crippen LogP contribution in [0, 0.1) is 0 Å². The van der Waals surface area contributed by atoms with Crippen LogP contribution in [0.15, 0.2) is 0 Å². The second kappa shape index (κ2) is 8.31. The molecule has 0 saturated carbocycles. The van der Waals surface area contributed by atoms with Crippen molar-refractivity contribution in [3.05, 3.63) is 5.28 Å². The molecule has 1 aliphatic heterocycles. The van der Waals surface area contributed by atoms with Crippen LogP contribution in [0.1, 0.15) is 20.3 Å². The monoisotopic (exact) mass is 315 g/mol. The molecule has 118 valence electrons. The van der Waals surface area contributed by atoms with Gasteiger partial charge < -0.3 is 14.8 Å². The minimum Gasteiger partial charge on any atom is -0.463 e. The molecular weight excluding hydrogens is 294 g/mol. The first-order valence-corrected chi connectivity index (χ1v) is 7.66. The van der Waals surface area contributed by atoms with Crippen LogP contribution in [0.25, 0.3) is 0 Å². The van der Waals surface area contributed by atoms with E-state index in [2.05, 4.69) is 32.1 Å². The Morgan fingerprint density at radius 2 is 2.10 bits per heavy atom. The van der Waals surface area contributed by atoms with Gasteiger partial charge in [0, 0.05) is 25.7 Å². The third kappa shape index (κ3) is 5.61. The molecule has 0 radical (unpaired) electrons. The lowest BCUT2D eigenvalue weighted by Crippen LogP contribution is -2.42. The molecule has 1 aromatic rings. The molecule has 0 spiro atoms. The molecule has 1 fully saturated rings. The Labute approximate surface area is 130 Å². The maximum Gasteiger partial charge on any atom is 0.322 e. The Morgan fingerprint density at radius 3 is 2.81 bits per heavy atom. The minimum atomic E-state index is 0.136. The third-order valence-corrected chi connectivity index (χ3v) is 3.20. The number of rotatable bonds is 7. The Morgan fingerprint density at radius 1 is 1.33 bits per heavy atom. The molecule has 0 aliphatic carbocycles. The maximum atomic E-state index is 5.90. The second-order valence-corrected chi connectivity index (χ2v) is 5.36. The molecule has 1 atom stereocenters. The molecule has 8 heteroatoms. The van der Waals surface area contributed by atoms with E-state index in [1.165, 1.54) is 0 Å². The zero-order valence-corrected chi connectivity index (χ0v) is 13.3. The number of morpholine rings is 1. The van der Waals surface area contributed by atoms with Gasteiger partial charge in [-0.3, -0.25) is 4.90 Å². The zero-order valence-electron chi connectivity index (χ0n) is 12.5. The highest BCUT2D eigenvalue weighted by atomic mass is 35.5. The summed E-state index contributed by atoms with van der Waals surface area (Å²) in [4.78, 5) is 14.6. The molecule has 7 nitrogen and oxygen atoms in total. The van der Waals surface area contributed by atoms with E-state index in [0.717, 1.165) is 39.3 Å². The van der Waals surface area contributed by atoms with Gasteiger partial charge in [0.1, 0.15) is 0 Å². The van der Waals surface area contributed by atoms with Crippen LogP contribution in [0.2, 0.25) is 5.28 Å². The van der Waals surface area contributed by atoms with Gasteiger partial charge in [-0.15, -0.1) is 0 Å². The fourth-order valence-electron chi connectivity index (χ4n) is 2.09. The van der Waals surface area contributed by atoms with Crippen molar-refractivity contribution in [3.8, 4) is 6.01 Å². The van der Waals surface area contributed by atoms with Crippen molar-refractivity contribution in [2.24, 2.45) is 0 Å². The van der Waals surface area contributed by atoms with Gasteiger partial charge >= 0.3 is 6.01 Å². The summed E-state index contributed by atoms with van der Waals surface area (Å²) in [6, 6.07) is 0.457. The summed E-state index contributed by atoms with van der Waals surface area (Å²) < 4.78 is 10.7. The van der Waals surface area contributed by atoms with Crippen LogP contribution >= 0.6 is 11.6 Å². The highest BCUT2D eigenvalue weighted by molar-refractivity contribution is 6.28. The van der Waals surface area contributed by atoms with Gasteiger partial charge in [0.15, 0.2) is 0 Å². The number of nitrogens with one attached hydrogen (secondary N) is 1. The highest BCUT2D eigenvalue weighted by Crippen LogP contribution is 2.12. The first-order valence-electron chi connectivity index (χ1n) is 7.28. The molecule has 1 N–H and O–H groups in total. The number of hydrogen-bond donors (Lipinski definition) is 1. The van der Waals surface area contributed by atoms with Gasteiger partial charge in [0.05, 0.1) is 19.8 Å². The van der Waals surface area contributed by atoms with E-state index < -0.39 is 0 Å². The molecule has 0 aromatic carbocycles. The van der Waals surface area contributed by atoms with Crippen LogP contribution in [0.3, 0.4) is 0 Å². The van der Waals surface area contributed by atoms with E-state index in [1.54, 1.807) is 0 Å². The molecule has 1 aliphatic rings. The van der Waals surface area contributed by atoms with Crippen LogP contribution < -0.4 is 10.1 Å². The number of halogens is 1. The SMILES string of the molecule is CCCOc1nc(Cl)nc(NC(C)CN2CCOCC2)n1. The third-order valence-electron chi connectivity index (χ3n) is 3.03. The fourth-order valence-corrected chi connectivity index (χ4v) is 2.24. The Kier molecular flexibility index (Phi) is 6.41. The summed E-state index contributed by atoms with van der Waals surface area (Å²) in [5.41, 5.74) is 0. The lowest BCUT2D eigenvalue weighted by molar-refractivity contribution is 0.0368. The molecule has 0 amide bonds. The largest absolute Gasteiger partial charge is 0.463 e. The standard InChI is InChI=1S/C13H22ClN5O2/c1-3-6-21-13-17-11(14)16-12(18-13)15-10(2)9-19-4-7-20-8-5-19/h10H,3-9H2,1-2H3,(H,15,16,17,18). The van der Waals surface area contributed by atoms with E-state index in [4.69, 9.17) is 21.1 Å². The number of ether oxygens (including phenoxy) is 2. The van der Waals surface area contributed by atoms with Gasteiger partial charge in [-0.05, 0) is 24.9 Å². The predicted octanol–water partition coefficient (Wildman–Crippen LogP) is 1.45. The lowest BCUT2D eigenvalue weighted by atomic mass is 10.3. The molecular formula is C13H22ClN5O2. The van der Waals surface area contributed by atoms with Crippen molar-refractivity contribution in [3.63, 3.8) is 0 Å². The summed E-state index contributed by atoms with van der Waals surface area (Å²) in [5, 5.41) is 3.37. The van der Waals surface area contributed by atoms with Crippen molar-refractivity contribution in [1.82, 2.24) is 19.9 Å². The van der Waals surface area contributed by atoms with Gasteiger partial charge in [-0.2, -0.15) is 15.0 Å². The van der Waals surface area contributed by atoms with E-state index in [1.807, 2.05) is 6.92 Å². The number of nitrogens with zero attached hydrogens (tertiary/aromatic N) is 4. The van der Waals surface area contributed by atoms with Crippen LogP contribution in [0.5, 0.6) is 6.01 Å². The van der Waals surface area contributed by atoms with Gasteiger partial charge in [-0.1, -0.05) is 6.92 Å². The molecule has 1 saturated heterocycles. The Bertz CT molecular complexity index is 443. The summed E-state index contributed by atoms with van der Waals surface area (Å²) >= 11 is 5.90. The molecule has 0 bridgehead atoms. The van der Waals surface area contributed by atoms with E-state index in [9.17, 15) is 0 Å². The average Bonchev–Trinajstić information content (AvgIpc) is 2.45. The normalized spacial score (nSPS) is 17.5. The second-order valence-electron chi connectivity index (χ2n) is 5.02. The topological polar surface area (TPSA) is 72.4 Å². The fraction of sp³-hybridized carbons (Fsp3) is 0.769. The van der Waals surface area contributed by atoms with Gasteiger partial charge in [-0.25, -0.2) is 0 Å². The first kappa shape index (κ1) is 16.2. The van der Waals surface area contributed by atoms with Gasteiger partial charge in [0.2, 0.25) is 11.2 Å².